The summed E-state index contributed by atoms with van der Waals surface area (Å²) < 4.78 is 0. The van der Waals surface area contributed by atoms with E-state index in [0.717, 1.165) is 32.5 Å². The largest absolute Gasteiger partial charge is 0.356 e. The number of nitrogens with two attached hydrogens (primary N) is 1. The molecule has 1 aliphatic carbocycles. The van der Waals surface area contributed by atoms with Crippen molar-refractivity contribution in [3.63, 3.8) is 0 Å². The molecule has 3 unspecified atom stereocenters. The van der Waals surface area contributed by atoms with Crippen LogP contribution in [0.25, 0.3) is 0 Å². The SMILES string of the molecule is CC1CCCC(N)C1C(=O)NCC1CCN(C)CC1. The molecule has 3 N–H and O–H groups in total. The number of piperidine rings is 1. The lowest BCUT2D eigenvalue weighted by Gasteiger charge is -2.34. The van der Waals surface area contributed by atoms with Crippen molar-refractivity contribution < 1.29 is 4.79 Å². The van der Waals surface area contributed by atoms with E-state index in [1.165, 1.54) is 19.3 Å². The van der Waals surface area contributed by atoms with Crippen molar-refractivity contribution >= 4 is 5.91 Å². The van der Waals surface area contributed by atoms with Crippen LogP contribution in [0.1, 0.15) is 39.0 Å². The van der Waals surface area contributed by atoms with E-state index in [1.807, 2.05) is 0 Å². The molecule has 4 nitrogen and oxygen atoms in total. The summed E-state index contributed by atoms with van der Waals surface area (Å²) in [5, 5.41) is 3.16. The molecule has 1 saturated heterocycles. The van der Waals surface area contributed by atoms with Crippen molar-refractivity contribution in [2.75, 3.05) is 26.7 Å². The van der Waals surface area contributed by atoms with Gasteiger partial charge in [0, 0.05) is 12.6 Å². The lowest BCUT2D eigenvalue weighted by Crippen LogP contribution is -2.48. The van der Waals surface area contributed by atoms with E-state index < -0.39 is 0 Å². The van der Waals surface area contributed by atoms with Crippen molar-refractivity contribution in [2.24, 2.45) is 23.5 Å². The first kappa shape index (κ1) is 14.8. The normalized spacial score (nSPS) is 34.2. The quantitative estimate of drug-likeness (QED) is 0.808. The van der Waals surface area contributed by atoms with E-state index in [1.54, 1.807) is 0 Å². The van der Waals surface area contributed by atoms with Gasteiger partial charge in [-0.15, -0.1) is 0 Å². The minimum Gasteiger partial charge on any atom is -0.356 e. The molecule has 1 heterocycles. The smallest absolute Gasteiger partial charge is 0.224 e. The fraction of sp³-hybridized carbons (Fsp3) is 0.933. The van der Waals surface area contributed by atoms with E-state index >= 15 is 0 Å². The zero-order chi connectivity index (χ0) is 13.8. The average Bonchev–Trinajstić information content (AvgIpc) is 2.38. The molecule has 1 aliphatic heterocycles. The Morgan fingerprint density at radius 2 is 1.95 bits per heavy atom. The molecule has 1 saturated carbocycles. The molecule has 0 bridgehead atoms. The standard InChI is InChI=1S/C15H29N3O/c1-11-4-3-5-13(16)14(11)15(19)17-10-12-6-8-18(2)9-7-12/h11-14H,3-10,16H2,1-2H3,(H,17,19). The molecule has 3 atom stereocenters. The monoisotopic (exact) mass is 267 g/mol. The van der Waals surface area contributed by atoms with Gasteiger partial charge < -0.3 is 16.0 Å². The van der Waals surface area contributed by atoms with E-state index in [2.05, 4.69) is 24.2 Å². The van der Waals surface area contributed by atoms with Gasteiger partial charge in [0.15, 0.2) is 0 Å². The second kappa shape index (κ2) is 6.71. The summed E-state index contributed by atoms with van der Waals surface area (Å²) in [7, 11) is 2.16. The second-order valence-electron chi connectivity index (χ2n) is 6.59. The van der Waals surface area contributed by atoms with E-state index in [0.29, 0.717) is 11.8 Å². The molecule has 0 aromatic rings. The minimum atomic E-state index is 0.0278. The summed E-state index contributed by atoms with van der Waals surface area (Å²) in [6.45, 7) is 5.31. The van der Waals surface area contributed by atoms with Crippen molar-refractivity contribution in [2.45, 2.75) is 45.1 Å². The van der Waals surface area contributed by atoms with Gasteiger partial charge in [-0.05, 0) is 57.7 Å². The fourth-order valence-corrected chi connectivity index (χ4v) is 3.54. The summed E-state index contributed by atoms with van der Waals surface area (Å²) in [4.78, 5) is 14.7. The Morgan fingerprint density at radius 1 is 1.26 bits per heavy atom. The first-order valence-corrected chi connectivity index (χ1v) is 7.79. The van der Waals surface area contributed by atoms with Crippen LogP contribution in [0.3, 0.4) is 0 Å². The molecule has 0 spiro atoms. The number of hydrogen-bond donors (Lipinski definition) is 2. The van der Waals surface area contributed by atoms with E-state index in [9.17, 15) is 4.79 Å². The number of amides is 1. The van der Waals surface area contributed by atoms with Gasteiger partial charge in [-0.1, -0.05) is 13.3 Å². The summed E-state index contributed by atoms with van der Waals surface area (Å²) in [6.07, 6.45) is 5.70. The van der Waals surface area contributed by atoms with Crippen LogP contribution >= 0.6 is 0 Å². The first-order chi connectivity index (χ1) is 9.08. The number of carbonyl (C=O) groups is 1. The molecule has 110 valence electrons. The van der Waals surface area contributed by atoms with E-state index in [-0.39, 0.29) is 17.9 Å². The van der Waals surface area contributed by atoms with Crippen LogP contribution in [0, 0.1) is 17.8 Å². The molecule has 0 radical (unpaired) electrons. The average molecular weight is 267 g/mol. The minimum absolute atomic E-state index is 0.0278. The Kier molecular flexibility index (Phi) is 5.22. The predicted octanol–water partition coefficient (Wildman–Crippen LogP) is 1.21. The molecular weight excluding hydrogens is 238 g/mol. The predicted molar refractivity (Wildman–Crippen MR) is 77.7 cm³/mol. The van der Waals surface area contributed by atoms with Gasteiger partial charge in [-0.25, -0.2) is 0 Å². The zero-order valence-corrected chi connectivity index (χ0v) is 12.4. The Labute approximate surface area is 117 Å². The number of nitrogens with zero attached hydrogens (tertiary/aromatic N) is 1. The Balaban J connectivity index is 1.77. The lowest BCUT2D eigenvalue weighted by atomic mass is 9.76. The maximum atomic E-state index is 12.3. The summed E-state index contributed by atoms with van der Waals surface area (Å²) in [5.41, 5.74) is 6.13. The molecule has 19 heavy (non-hydrogen) atoms. The maximum absolute atomic E-state index is 12.3. The van der Waals surface area contributed by atoms with Gasteiger partial charge in [0.05, 0.1) is 5.92 Å². The summed E-state index contributed by atoms with van der Waals surface area (Å²) >= 11 is 0. The third-order valence-electron chi connectivity index (χ3n) is 4.98. The number of carbonyl (C=O) groups excluding carboxylic acids is 1. The number of rotatable bonds is 3. The second-order valence-corrected chi connectivity index (χ2v) is 6.59. The van der Waals surface area contributed by atoms with Gasteiger partial charge in [-0.2, -0.15) is 0 Å². The van der Waals surface area contributed by atoms with Crippen LogP contribution < -0.4 is 11.1 Å². The van der Waals surface area contributed by atoms with Crippen molar-refractivity contribution in [3.05, 3.63) is 0 Å². The van der Waals surface area contributed by atoms with Gasteiger partial charge in [0.1, 0.15) is 0 Å². The Morgan fingerprint density at radius 3 is 2.58 bits per heavy atom. The van der Waals surface area contributed by atoms with E-state index in [4.69, 9.17) is 5.73 Å². The summed E-state index contributed by atoms with van der Waals surface area (Å²) in [5.74, 6) is 1.30. The molecule has 1 amide bonds. The van der Waals surface area contributed by atoms with Crippen molar-refractivity contribution in [3.8, 4) is 0 Å². The highest BCUT2D eigenvalue weighted by molar-refractivity contribution is 5.79. The van der Waals surface area contributed by atoms with Crippen LogP contribution in [-0.4, -0.2) is 43.5 Å². The highest BCUT2D eigenvalue weighted by atomic mass is 16.1. The molecule has 0 aromatic carbocycles. The van der Waals surface area contributed by atoms with Gasteiger partial charge in [0.2, 0.25) is 5.91 Å². The van der Waals surface area contributed by atoms with Crippen LogP contribution in [-0.2, 0) is 4.79 Å². The number of nitrogens with one attached hydrogen (secondary N) is 1. The number of hydrogen-bond acceptors (Lipinski definition) is 3. The lowest BCUT2D eigenvalue weighted by molar-refractivity contribution is -0.128. The van der Waals surface area contributed by atoms with Crippen molar-refractivity contribution in [1.82, 2.24) is 10.2 Å². The number of likely N-dealkylation sites (tertiary alicyclic amines) is 1. The van der Waals surface area contributed by atoms with Gasteiger partial charge in [0.25, 0.3) is 0 Å². The van der Waals surface area contributed by atoms with Crippen LogP contribution in [0.15, 0.2) is 0 Å². The van der Waals surface area contributed by atoms with Crippen LogP contribution in [0.5, 0.6) is 0 Å². The third kappa shape index (κ3) is 3.93. The first-order valence-electron chi connectivity index (χ1n) is 7.79. The molecular formula is C15H29N3O. The van der Waals surface area contributed by atoms with Crippen LogP contribution in [0.4, 0.5) is 0 Å². The van der Waals surface area contributed by atoms with Crippen molar-refractivity contribution in [1.29, 1.82) is 0 Å². The highest BCUT2D eigenvalue weighted by Gasteiger charge is 2.34. The molecule has 4 heteroatoms. The molecule has 2 fully saturated rings. The maximum Gasteiger partial charge on any atom is 0.224 e. The molecule has 2 aliphatic rings. The molecule has 0 aromatic heterocycles. The summed E-state index contributed by atoms with van der Waals surface area (Å²) in [6, 6.07) is 0.0567. The molecule has 2 rings (SSSR count). The van der Waals surface area contributed by atoms with Gasteiger partial charge >= 0.3 is 0 Å². The zero-order valence-electron chi connectivity index (χ0n) is 12.4. The Bertz CT molecular complexity index is 290. The van der Waals surface area contributed by atoms with Gasteiger partial charge in [-0.3, -0.25) is 4.79 Å². The Hall–Kier alpha value is -0.610. The fourth-order valence-electron chi connectivity index (χ4n) is 3.54. The third-order valence-corrected chi connectivity index (χ3v) is 4.98. The van der Waals surface area contributed by atoms with Crippen LogP contribution in [0.2, 0.25) is 0 Å². The topological polar surface area (TPSA) is 58.4 Å². The highest BCUT2D eigenvalue weighted by Crippen LogP contribution is 2.29.